The highest BCUT2D eigenvalue weighted by molar-refractivity contribution is 7.71. The summed E-state index contributed by atoms with van der Waals surface area (Å²) in [5, 5.41) is 9.72. The first kappa shape index (κ1) is 16.4. The molecule has 22 heavy (non-hydrogen) atoms. The predicted octanol–water partition coefficient (Wildman–Crippen LogP) is 2.91. The molecule has 0 radical (unpaired) electrons. The van der Waals surface area contributed by atoms with E-state index in [9.17, 15) is 9.18 Å². The van der Waals surface area contributed by atoms with E-state index < -0.39 is 0 Å². The summed E-state index contributed by atoms with van der Waals surface area (Å²) in [5.74, 6) is 0.319. The first-order valence-corrected chi connectivity index (χ1v) is 7.61. The summed E-state index contributed by atoms with van der Waals surface area (Å²) < 4.78 is 15.1. The van der Waals surface area contributed by atoms with Crippen LogP contribution in [0.1, 0.15) is 37.7 Å². The average Bonchev–Trinajstić information content (AvgIpc) is 2.81. The SMILES string of the molecule is CCCc1n[nH]c(=S)n1CC(=O)NC(C)c1ccc(F)cc1. The normalized spacial score (nSPS) is 12.1. The minimum atomic E-state index is -0.295. The molecule has 0 aliphatic rings. The highest BCUT2D eigenvalue weighted by atomic mass is 32.1. The highest BCUT2D eigenvalue weighted by Crippen LogP contribution is 2.13. The van der Waals surface area contributed by atoms with E-state index in [4.69, 9.17) is 12.2 Å². The molecule has 1 amide bonds. The van der Waals surface area contributed by atoms with Gasteiger partial charge in [-0.25, -0.2) is 4.39 Å². The molecule has 1 unspecified atom stereocenters. The lowest BCUT2D eigenvalue weighted by Crippen LogP contribution is -2.30. The predicted molar refractivity (Wildman–Crippen MR) is 84.4 cm³/mol. The Morgan fingerprint density at radius 3 is 2.77 bits per heavy atom. The van der Waals surface area contributed by atoms with Crippen molar-refractivity contribution < 1.29 is 9.18 Å². The van der Waals surface area contributed by atoms with Crippen molar-refractivity contribution in [3.05, 3.63) is 46.2 Å². The number of aromatic nitrogens is 3. The van der Waals surface area contributed by atoms with Gasteiger partial charge >= 0.3 is 0 Å². The molecule has 0 aliphatic carbocycles. The van der Waals surface area contributed by atoms with Crippen LogP contribution in [0.3, 0.4) is 0 Å². The van der Waals surface area contributed by atoms with Crippen LogP contribution in [-0.4, -0.2) is 20.7 Å². The quantitative estimate of drug-likeness (QED) is 0.804. The maximum atomic E-state index is 12.9. The van der Waals surface area contributed by atoms with Crippen molar-refractivity contribution >= 4 is 18.1 Å². The molecule has 0 saturated carbocycles. The summed E-state index contributed by atoms with van der Waals surface area (Å²) in [7, 11) is 0. The monoisotopic (exact) mass is 322 g/mol. The topological polar surface area (TPSA) is 62.7 Å². The summed E-state index contributed by atoms with van der Waals surface area (Å²) >= 11 is 5.15. The van der Waals surface area contributed by atoms with E-state index in [-0.39, 0.29) is 24.3 Å². The second kappa shape index (κ2) is 7.31. The molecule has 2 aromatic rings. The van der Waals surface area contributed by atoms with Gasteiger partial charge in [-0.2, -0.15) is 5.10 Å². The minimum Gasteiger partial charge on any atom is -0.348 e. The maximum absolute atomic E-state index is 12.9. The van der Waals surface area contributed by atoms with Gasteiger partial charge in [-0.05, 0) is 43.3 Å². The van der Waals surface area contributed by atoms with E-state index in [1.807, 2.05) is 13.8 Å². The number of benzene rings is 1. The number of nitrogens with one attached hydrogen (secondary N) is 2. The number of aryl methyl sites for hydroxylation is 1. The van der Waals surface area contributed by atoms with Gasteiger partial charge in [-0.15, -0.1) is 0 Å². The van der Waals surface area contributed by atoms with Crippen molar-refractivity contribution in [1.29, 1.82) is 0 Å². The van der Waals surface area contributed by atoms with E-state index in [1.165, 1.54) is 12.1 Å². The lowest BCUT2D eigenvalue weighted by molar-refractivity contribution is -0.122. The number of hydrogen-bond acceptors (Lipinski definition) is 3. The molecular weight excluding hydrogens is 303 g/mol. The fourth-order valence-electron chi connectivity index (χ4n) is 2.19. The Balaban J connectivity index is 2.02. The molecule has 2 N–H and O–H groups in total. The molecule has 5 nitrogen and oxygen atoms in total. The molecule has 118 valence electrons. The van der Waals surface area contributed by atoms with E-state index in [1.54, 1.807) is 16.7 Å². The van der Waals surface area contributed by atoms with Gasteiger partial charge in [0.05, 0.1) is 6.04 Å². The Bertz CT molecular complexity index is 692. The number of rotatable bonds is 6. The first-order valence-electron chi connectivity index (χ1n) is 7.20. The smallest absolute Gasteiger partial charge is 0.240 e. The summed E-state index contributed by atoms with van der Waals surface area (Å²) in [4.78, 5) is 12.2. The summed E-state index contributed by atoms with van der Waals surface area (Å²) in [6.07, 6.45) is 1.68. The number of H-pyrrole nitrogens is 1. The summed E-state index contributed by atoms with van der Waals surface area (Å²) in [5.41, 5.74) is 0.847. The van der Waals surface area contributed by atoms with Crippen LogP contribution in [0, 0.1) is 10.6 Å². The van der Waals surface area contributed by atoms with E-state index in [2.05, 4.69) is 15.5 Å². The molecule has 2 rings (SSSR count). The Hall–Kier alpha value is -2.02. The standard InChI is InChI=1S/C15H19FN4OS/c1-3-4-13-18-19-15(22)20(13)9-14(21)17-10(2)11-5-7-12(16)8-6-11/h5-8,10H,3-4,9H2,1-2H3,(H,17,21)(H,19,22). The Labute approximate surface area is 133 Å². The number of hydrogen-bond donors (Lipinski definition) is 2. The van der Waals surface area contributed by atoms with Crippen molar-refractivity contribution in [3.8, 4) is 0 Å². The summed E-state index contributed by atoms with van der Waals surface area (Å²) in [6.45, 7) is 4.02. The molecule has 0 fully saturated rings. The van der Waals surface area contributed by atoms with Crippen molar-refractivity contribution in [2.24, 2.45) is 0 Å². The van der Waals surface area contributed by atoms with Crippen LogP contribution in [-0.2, 0) is 17.8 Å². The van der Waals surface area contributed by atoms with E-state index >= 15 is 0 Å². The first-order chi connectivity index (χ1) is 10.5. The van der Waals surface area contributed by atoms with E-state index in [0.29, 0.717) is 4.77 Å². The number of aromatic amines is 1. The molecule has 0 aliphatic heterocycles. The van der Waals surface area contributed by atoms with Crippen molar-refractivity contribution in [2.45, 2.75) is 39.3 Å². The third-order valence-corrected chi connectivity index (χ3v) is 3.67. The zero-order valence-corrected chi connectivity index (χ0v) is 13.4. The van der Waals surface area contributed by atoms with E-state index in [0.717, 1.165) is 24.2 Å². The Morgan fingerprint density at radius 2 is 2.14 bits per heavy atom. The molecule has 7 heteroatoms. The zero-order chi connectivity index (χ0) is 16.1. The van der Waals surface area contributed by atoms with Gasteiger partial charge in [-0.1, -0.05) is 19.1 Å². The van der Waals surface area contributed by atoms with Crippen LogP contribution < -0.4 is 5.32 Å². The van der Waals surface area contributed by atoms with Crippen LogP contribution >= 0.6 is 12.2 Å². The van der Waals surface area contributed by atoms with Crippen LogP contribution in [0.4, 0.5) is 4.39 Å². The van der Waals surface area contributed by atoms with Crippen molar-refractivity contribution in [2.75, 3.05) is 0 Å². The molecule has 1 aromatic carbocycles. The van der Waals surface area contributed by atoms with Gasteiger partial charge < -0.3 is 5.32 Å². The molecule has 0 saturated heterocycles. The van der Waals surface area contributed by atoms with Crippen LogP contribution in [0.2, 0.25) is 0 Å². The lowest BCUT2D eigenvalue weighted by Gasteiger charge is -2.15. The average molecular weight is 322 g/mol. The molecule has 1 aromatic heterocycles. The third kappa shape index (κ3) is 4.00. The highest BCUT2D eigenvalue weighted by Gasteiger charge is 2.13. The minimum absolute atomic E-state index is 0.121. The van der Waals surface area contributed by atoms with Gasteiger partial charge in [0.25, 0.3) is 0 Å². The van der Waals surface area contributed by atoms with Crippen LogP contribution in [0.5, 0.6) is 0 Å². The molecule has 0 spiro atoms. The fourth-order valence-corrected chi connectivity index (χ4v) is 2.41. The second-order valence-electron chi connectivity index (χ2n) is 5.12. The number of carbonyl (C=O) groups excluding carboxylic acids is 1. The van der Waals surface area contributed by atoms with Gasteiger partial charge in [0.15, 0.2) is 4.77 Å². The zero-order valence-electron chi connectivity index (χ0n) is 12.6. The molecular formula is C15H19FN4OS. The Kier molecular flexibility index (Phi) is 5.43. The van der Waals surface area contributed by atoms with Gasteiger partial charge in [0.1, 0.15) is 18.2 Å². The third-order valence-electron chi connectivity index (χ3n) is 3.36. The molecule has 0 bridgehead atoms. The maximum Gasteiger partial charge on any atom is 0.240 e. The Morgan fingerprint density at radius 1 is 1.45 bits per heavy atom. The number of amides is 1. The van der Waals surface area contributed by atoms with Gasteiger partial charge in [-0.3, -0.25) is 14.5 Å². The number of carbonyl (C=O) groups is 1. The van der Waals surface area contributed by atoms with Gasteiger partial charge in [0, 0.05) is 6.42 Å². The number of nitrogens with zero attached hydrogens (tertiary/aromatic N) is 2. The molecule has 1 heterocycles. The lowest BCUT2D eigenvalue weighted by atomic mass is 10.1. The fraction of sp³-hybridized carbons (Fsp3) is 0.400. The van der Waals surface area contributed by atoms with Crippen LogP contribution in [0.15, 0.2) is 24.3 Å². The second-order valence-corrected chi connectivity index (χ2v) is 5.51. The largest absolute Gasteiger partial charge is 0.348 e. The van der Waals surface area contributed by atoms with Crippen molar-refractivity contribution in [3.63, 3.8) is 0 Å². The number of halogens is 1. The summed E-state index contributed by atoms with van der Waals surface area (Å²) in [6, 6.07) is 5.87. The van der Waals surface area contributed by atoms with Crippen molar-refractivity contribution in [1.82, 2.24) is 20.1 Å². The van der Waals surface area contributed by atoms with Gasteiger partial charge in [0.2, 0.25) is 5.91 Å². The molecule has 1 atom stereocenters. The van der Waals surface area contributed by atoms with Crippen LogP contribution in [0.25, 0.3) is 0 Å².